The van der Waals surface area contributed by atoms with Crippen molar-refractivity contribution in [3.05, 3.63) is 0 Å². The quantitative estimate of drug-likeness (QED) is 0.282. The van der Waals surface area contributed by atoms with Gasteiger partial charge in [-0.1, -0.05) is 0 Å². The molecule has 0 amide bonds. The highest BCUT2D eigenvalue weighted by Crippen LogP contribution is 2.36. The average Bonchev–Trinajstić information content (AvgIpc) is 2.11. The van der Waals surface area contributed by atoms with Crippen LogP contribution in [-0.2, 0) is 13.9 Å². The predicted molar refractivity (Wildman–Crippen MR) is 46.9 cm³/mol. The number of hydrogen-bond acceptors (Lipinski definition) is 6. The molecule has 10 heteroatoms. The first-order chi connectivity index (χ1) is 6.69. The molecular weight excluding hydrogens is 254 g/mol. The van der Waals surface area contributed by atoms with E-state index in [0.717, 1.165) is 0 Å². The molecule has 0 fully saturated rings. The highest BCUT2D eigenvalue weighted by molar-refractivity contribution is 7.46. The summed E-state index contributed by atoms with van der Waals surface area (Å²) in [5.41, 5.74) is 0. The van der Waals surface area contributed by atoms with Gasteiger partial charge in [-0.2, -0.15) is 0 Å². The number of phosphoric ester groups is 1. The lowest BCUT2D eigenvalue weighted by Crippen LogP contribution is -2.43. The number of rotatable bonds is 5. The molecule has 0 aliphatic rings. The summed E-state index contributed by atoms with van der Waals surface area (Å²) in [6.45, 7) is 0. The Morgan fingerprint density at radius 3 is 2.13 bits per heavy atom. The lowest BCUT2D eigenvalue weighted by Gasteiger charge is -2.19. The first kappa shape index (κ1) is 14.8. The molecule has 15 heavy (non-hydrogen) atoms. The maximum absolute atomic E-state index is 10.7. The maximum atomic E-state index is 10.7. The van der Waals surface area contributed by atoms with Gasteiger partial charge in [0.2, 0.25) is 0 Å². The Hall–Kier alpha value is -0.210. The van der Waals surface area contributed by atoms with Crippen molar-refractivity contribution in [1.82, 2.24) is 0 Å². The van der Waals surface area contributed by atoms with E-state index in [-0.39, 0.29) is 0 Å². The van der Waals surface area contributed by atoms with Gasteiger partial charge in [-0.15, -0.1) is 11.6 Å². The molecule has 0 aromatic carbocycles. The minimum absolute atomic E-state index is 0.471. The molecule has 0 radical (unpaired) electrons. The minimum atomic E-state index is -5.09. The summed E-state index contributed by atoms with van der Waals surface area (Å²) in [7, 11) is -5.09. The average molecular weight is 265 g/mol. The van der Waals surface area contributed by atoms with Gasteiger partial charge in [0.1, 0.15) is 6.10 Å². The van der Waals surface area contributed by atoms with Gasteiger partial charge in [-0.3, -0.25) is 9.79 Å². The van der Waals surface area contributed by atoms with Crippen molar-refractivity contribution in [2.24, 2.45) is 0 Å². The molecule has 3 atom stereocenters. The Balaban J connectivity index is 4.38. The third-order valence-electron chi connectivity index (χ3n) is 1.33. The third-order valence-corrected chi connectivity index (χ3v) is 2.06. The van der Waals surface area contributed by atoms with Gasteiger partial charge in [-0.05, 0) is 0 Å². The van der Waals surface area contributed by atoms with E-state index in [2.05, 4.69) is 4.52 Å². The van der Waals surface area contributed by atoms with Gasteiger partial charge in [0.25, 0.3) is 0 Å². The van der Waals surface area contributed by atoms with Crippen LogP contribution in [0.15, 0.2) is 0 Å². The summed E-state index contributed by atoms with van der Waals surface area (Å²) in [6.07, 6.45) is -5.89. The van der Waals surface area contributed by atoms with Crippen LogP contribution >= 0.6 is 19.4 Å². The Kier molecular flexibility index (Phi) is 5.68. The van der Waals surface area contributed by atoms with E-state index in [1.54, 1.807) is 0 Å². The standard InChI is InChI=1S/C5H10ClO8P/c6-1-2(7)3(8)4(9)5(10)14-15(11,12)13/h2-4,7-9H,1H2,(H2,11,12,13)/t2-,3-,4-/m1/s1. The molecule has 90 valence electrons. The fourth-order valence-electron chi connectivity index (χ4n) is 0.612. The van der Waals surface area contributed by atoms with Crippen LogP contribution < -0.4 is 0 Å². The SMILES string of the molecule is O=C(OP(=O)(O)O)[C@H](O)[C@H](O)[C@H](O)CCl. The van der Waals surface area contributed by atoms with Crippen LogP contribution in [0.4, 0.5) is 0 Å². The van der Waals surface area contributed by atoms with E-state index in [1.807, 2.05) is 0 Å². The van der Waals surface area contributed by atoms with E-state index < -0.39 is 38.0 Å². The molecule has 0 heterocycles. The largest absolute Gasteiger partial charge is 0.527 e. The van der Waals surface area contributed by atoms with E-state index in [9.17, 15) is 9.36 Å². The number of alkyl halides is 1. The van der Waals surface area contributed by atoms with Crippen LogP contribution in [0.5, 0.6) is 0 Å². The number of phosphoric acid groups is 1. The number of aliphatic hydroxyl groups is 3. The fraction of sp³-hybridized carbons (Fsp3) is 0.800. The van der Waals surface area contributed by atoms with E-state index in [0.29, 0.717) is 0 Å². The van der Waals surface area contributed by atoms with Crippen LogP contribution in [0.3, 0.4) is 0 Å². The Morgan fingerprint density at radius 2 is 1.80 bits per heavy atom. The molecule has 0 bridgehead atoms. The van der Waals surface area contributed by atoms with Gasteiger partial charge >= 0.3 is 13.8 Å². The molecule has 0 aliphatic heterocycles. The molecule has 8 nitrogen and oxygen atoms in total. The molecule has 0 rings (SSSR count). The first-order valence-electron chi connectivity index (χ1n) is 3.58. The normalized spacial score (nSPS) is 18.0. The Morgan fingerprint density at radius 1 is 1.33 bits per heavy atom. The molecule has 0 unspecified atom stereocenters. The lowest BCUT2D eigenvalue weighted by molar-refractivity contribution is -0.155. The van der Waals surface area contributed by atoms with E-state index >= 15 is 0 Å². The second-order valence-electron chi connectivity index (χ2n) is 2.56. The van der Waals surface area contributed by atoms with Gasteiger partial charge in [0.15, 0.2) is 6.10 Å². The van der Waals surface area contributed by atoms with Gasteiger partial charge in [-0.25, -0.2) is 9.36 Å². The summed E-state index contributed by atoms with van der Waals surface area (Å²) in [5.74, 6) is -2.22. The maximum Gasteiger partial charge on any atom is 0.527 e. The number of aliphatic hydroxyl groups excluding tert-OH is 3. The number of carbonyl (C=O) groups excluding carboxylic acids is 1. The first-order valence-corrected chi connectivity index (χ1v) is 5.64. The van der Waals surface area contributed by atoms with Crippen LogP contribution in [0.1, 0.15) is 0 Å². The summed E-state index contributed by atoms with van der Waals surface area (Å²) >= 11 is 5.10. The highest BCUT2D eigenvalue weighted by Gasteiger charge is 2.34. The van der Waals surface area contributed by atoms with Crippen molar-refractivity contribution >= 4 is 25.4 Å². The van der Waals surface area contributed by atoms with Crippen molar-refractivity contribution in [2.75, 3.05) is 5.88 Å². The van der Waals surface area contributed by atoms with Gasteiger partial charge in [0, 0.05) is 0 Å². The second kappa shape index (κ2) is 5.76. The lowest BCUT2D eigenvalue weighted by atomic mass is 10.1. The van der Waals surface area contributed by atoms with Crippen LogP contribution in [-0.4, -0.2) is 55.3 Å². The van der Waals surface area contributed by atoms with Crippen LogP contribution in [0.2, 0.25) is 0 Å². The number of hydrogen-bond donors (Lipinski definition) is 5. The Bertz CT molecular complexity index is 264. The molecular formula is C5H10ClO8P. The molecule has 0 spiro atoms. The summed E-state index contributed by atoms with van der Waals surface area (Å²) < 4.78 is 13.7. The molecule has 0 aromatic rings. The topological polar surface area (TPSA) is 145 Å². The van der Waals surface area contributed by atoms with E-state index in [1.165, 1.54) is 0 Å². The molecule has 0 aromatic heterocycles. The van der Waals surface area contributed by atoms with Gasteiger partial charge < -0.3 is 19.8 Å². The van der Waals surface area contributed by atoms with Crippen molar-refractivity contribution in [2.45, 2.75) is 18.3 Å². The van der Waals surface area contributed by atoms with Crippen molar-refractivity contribution < 1.29 is 39.0 Å². The molecule has 0 saturated carbocycles. The van der Waals surface area contributed by atoms with Crippen LogP contribution in [0, 0.1) is 0 Å². The second-order valence-corrected chi connectivity index (χ2v) is 4.03. The smallest absolute Gasteiger partial charge is 0.389 e. The van der Waals surface area contributed by atoms with Gasteiger partial charge in [0.05, 0.1) is 12.0 Å². The Labute approximate surface area is 89.3 Å². The van der Waals surface area contributed by atoms with Crippen molar-refractivity contribution in [3.8, 4) is 0 Å². The van der Waals surface area contributed by atoms with Crippen molar-refractivity contribution in [1.29, 1.82) is 0 Å². The third kappa shape index (κ3) is 5.43. The van der Waals surface area contributed by atoms with Crippen molar-refractivity contribution in [3.63, 3.8) is 0 Å². The molecule has 0 saturated heterocycles. The zero-order chi connectivity index (χ0) is 12.2. The molecule has 5 N–H and O–H groups in total. The minimum Gasteiger partial charge on any atom is -0.389 e. The zero-order valence-electron chi connectivity index (χ0n) is 7.23. The highest BCUT2D eigenvalue weighted by atomic mass is 35.5. The number of carbonyl (C=O) groups is 1. The number of halogens is 1. The monoisotopic (exact) mass is 264 g/mol. The summed E-state index contributed by atoms with van der Waals surface area (Å²) in [5, 5.41) is 26.9. The summed E-state index contributed by atoms with van der Waals surface area (Å²) in [6, 6.07) is 0. The van der Waals surface area contributed by atoms with E-state index in [4.69, 9.17) is 36.7 Å². The predicted octanol–water partition coefficient (Wildman–Crippen LogP) is -2.06. The zero-order valence-corrected chi connectivity index (χ0v) is 8.88. The summed E-state index contributed by atoms with van der Waals surface area (Å²) in [4.78, 5) is 27.1. The van der Waals surface area contributed by atoms with Crippen LogP contribution in [0.25, 0.3) is 0 Å². The molecule has 0 aliphatic carbocycles. The fourth-order valence-corrected chi connectivity index (χ4v) is 1.14.